The highest BCUT2D eigenvalue weighted by Gasteiger charge is 2.41. The third kappa shape index (κ3) is 5.32. The lowest BCUT2D eigenvalue weighted by Gasteiger charge is -2.30. The number of benzene rings is 1. The Morgan fingerprint density at radius 1 is 1.24 bits per heavy atom. The van der Waals surface area contributed by atoms with Gasteiger partial charge in [-0.25, -0.2) is 8.42 Å². The third-order valence-electron chi connectivity index (χ3n) is 5.93. The summed E-state index contributed by atoms with van der Waals surface area (Å²) in [5, 5.41) is 2.62. The van der Waals surface area contributed by atoms with Gasteiger partial charge in [0.1, 0.15) is 21.9 Å². The average molecular weight is 509 g/mol. The van der Waals surface area contributed by atoms with Crippen LogP contribution in [0.25, 0.3) is 10.2 Å². The fourth-order valence-electron chi connectivity index (χ4n) is 4.30. The molecular formula is C23H25ClN2O5S2. The molecule has 4 rings (SSSR count). The van der Waals surface area contributed by atoms with Crippen molar-refractivity contribution in [3.8, 4) is 0 Å². The Labute approximate surface area is 201 Å². The van der Waals surface area contributed by atoms with Crippen LogP contribution in [-0.2, 0) is 25.8 Å². The van der Waals surface area contributed by atoms with Crippen LogP contribution in [0.1, 0.15) is 35.3 Å². The molecule has 0 spiro atoms. The number of hydrogen-bond acceptors (Lipinski definition) is 6. The van der Waals surface area contributed by atoms with Crippen molar-refractivity contribution in [2.45, 2.75) is 43.1 Å². The number of fused-ring (bicyclic) bond motifs is 1. The molecule has 0 bridgehead atoms. The van der Waals surface area contributed by atoms with Gasteiger partial charge in [-0.1, -0.05) is 48.4 Å². The number of ether oxygens (including phenoxy) is 1. The lowest BCUT2D eigenvalue weighted by molar-refractivity contribution is -0.130. The summed E-state index contributed by atoms with van der Waals surface area (Å²) in [5.74, 6) is -0.911. The number of sulfone groups is 1. The minimum Gasteiger partial charge on any atom is -0.371 e. The summed E-state index contributed by atoms with van der Waals surface area (Å²) < 4.78 is 31.3. The molecule has 3 aromatic rings. The van der Waals surface area contributed by atoms with Crippen molar-refractivity contribution in [1.29, 1.82) is 0 Å². The normalized spacial score (nSPS) is 19.8. The van der Waals surface area contributed by atoms with E-state index in [9.17, 15) is 18.0 Å². The number of aromatic nitrogens is 1. The molecule has 2 N–H and O–H groups in total. The second-order valence-electron chi connectivity index (χ2n) is 8.20. The highest BCUT2D eigenvalue weighted by atomic mass is 35.5. The molecule has 176 valence electrons. The fraction of sp³-hybridized carbons (Fsp3) is 0.391. The number of H-pyrrole nitrogens is 1. The van der Waals surface area contributed by atoms with Gasteiger partial charge in [0.05, 0.1) is 16.1 Å². The van der Waals surface area contributed by atoms with Gasteiger partial charge in [-0.15, -0.1) is 11.3 Å². The van der Waals surface area contributed by atoms with Gasteiger partial charge in [-0.05, 0) is 37.0 Å². The van der Waals surface area contributed by atoms with Gasteiger partial charge in [0.25, 0.3) is 5.91 Å². The molecule has 0 saturated carbocycles. The largest absolute Gasteiger partial charge is 0.371 e. The first-order valence-electron chi connectivity index (χ1n) is 10.7. The summed E-state index contributed by atoms with van der Waals surface area (Å²) in [5.41, 5.74) is 1.22. The predicted molar refractivity (Wildman–Crippen MR) is 130 cm³/mol. The topological polar surface area (TPSA) is 105 Å². The number of halogens is 1. The van der Waals surface area contributed by atoms with Crippen molar-refractivity contribution in [2.75, 3.05) is 12.9 Å². The highest BCUT2D eigenvalue weighted by molar-refractivity contribution is 7.92. The molecule has 1 aliphatic heterocycles. The molecule has 1 fully saturated rings. The number of Topliss-reactive ketones (excluding diaryl/α,β-unsaturated/α-hetero) is 1. The summed E-state index contributed by atoms with van der Waals surface area (Å²) in [6.07, 6.45) is 0.717. The number of methoxy groups -OCH3 is 1. The fourth-order valence-corrected chi connectivity index (χ4v) is 7.33. The highest BCUT2D eigenvalue weighted by Crippen LogP contribution is 2.29. The van der Waals surface area contributed by atoms with Crippen LogP contribution in [0.4, 0.5) is 0 Å². The van der Waals surface area contributed by atoms with E-state index >= 15 is 0 Å². The summed E-state index contributed by atoms with van der Waals surface area (Å²) in [6.45, 7) is 0. The van der Waals surface area contributed by atoms with E-state index in [2.05, 4.69) is 10.3 Å². The number of nitrogens with one attached hydrogen (secondary N) is 2. The Kier molecular flexibility index (Phi) is 7.23. The van der Waals surface area contributed by atoms with Crippen LogP contribution in [0.2, 0.25) is 4.34 Å². The smallest absolute Gasteiger partial charge is 0.268 e. The molecule has 10 heteroatoms. The van der Waals surface area contributed by atoms with Crippen molar-refractivity contribution >= 4 is 54.7 Å². The monoisotopic (exact) mass is 508 g/mol. The first kappa shape index (κ1) is 23.9. The zero-order chi connectivity index (χ0) is 23.6. The van der Waals surface area contributed by atoms with E-state index in [4.69, 9.17) is 16.3 Å². The molecule has 33 heavy (non-hydrogen) atoms. The number of aromatic amines is 1. The molecule has 1 amide bonds. The van der Waals surface area contributed by atoms with Crippen LogP contribution in [0, 0.1) is 0 Å². The van der Waals surface area contributed by atoms with Crippen molar-refractivity contribution in [1.82, 2.24) is 10.3 Å². The molecule has 3 atom stereocenters. The maximum atomic E-state index is 13.4. The number of carbonyl (C=O) groups excluding carboxylic acids is 2. The van der Waals surface area contributed by atoms with E-state index in [1.807, 2.05) is 30.3 Å². The lowest BCUT2D eigenvalue weighted by atomic mass is 9.95. The maximum absolute atomic E-state index is 13.4. The van der Waals surface area contributed by atoms with Gasteiger partial charge in [0.2, 0.25) is 0 Å². The summed E-state index contributed by atoms with van der Waals surface area (Å²) in [4.78, 5) is 30.3. The van der Waals surface area contributed by atoms with Gasteiger partial charge in [-0.3, -0.25) is 9.59 Å². The molecule has 1 aliphatic rings. The van der Waals surface area contributed by atoms with Gasteiger partial charge in [0, 0.05) is 12.5 Å². The molecular weight excluding hydrogens is 484 g/mol. The summed E-state index contributed by atoms with van der Waals surface area (Å²) >= 11 is 7.35. The number of amides is 1. The number of hydrogen-bond donors (Lipinski definition) is 2. The molecule has 7 nitrogen and oxygen atoms in total. The van der Waals surface area contributed by atoms with Crippen molar-refractivity contribution in [2.24, 2.45) is 0 Å². The van der Waals surface area contributed by atoms with Gasteiger partial charge in [0.15, 0.2) is 15.6 Å². The summed E-state index contributed by atoms with van der Waals surface area (Å²) in [7, 11) is -2.17. The quantitative estimate of drug-likeness (QED) is 0.481. The van der Waals surface area contributed by atoms with Crippen LogP contribution in [0.3, 0.4) is 0 Å². The van der Waals surface area contributed by atoms with Crippen LogP contribution >= 0.6 is 22.9 Å². The molecule has 1 saturated heterocycles. The second kappa shape index (κ2) is 9.97. The molecule has 0 aliphatic carbocycles. The first-order valence-corrected chi connectivity index (χ1v) is 13.6. The van der Waals surface area contributed by atoms with E-state index in [0.29, 0.717) is 29.3 Å². The van der Waals surface area contributed by atoms with Crippen LogP contribution < -0.4 is 5.32 Å². The Balaban J connectivity index is 1.61. The molecule has 3 unspecified atom stereocenters. The number of thiophene rings is 1. The van der Waals surface area contributed by atoms with Gasteiger partial charge >= 0.3 is 0 Å². The standard InChI is InChI=1S/C23H25ClN2O5S2/c1-31-21(20(27)18-9-5-6-10-33(18,29)30)16(11-14-7-3-2-4-8-14)25-22(28)17-12-15-13-19(24)32-23(15)26-17/h2-4,7-8,12-13,16,18,21,26H,5-6,9-11H2,1H3,(H,25,28). The van der Waals surface area contributed by atoms with Gasteiger partial charge in [-0.2, -0.15) is 0 Å². The molecule has 3 heterocycles. The van der Waals surface area contributed by atoms with Crippen molar-refractivity contribution in [3.05, 3.63) is 58.1 Å². The molecule has 1 aromatic carbocycles. The van der Waals surface area contributed by atoms with E-state index < -0.39 is 38.9 Å². The number of carbonyl (C=O) groups is 2. The Hall–Kier alpha value is -2.20. The zero-order valence-corrected chi connectivity index (χ0v) is 20.4. The second-order valence-corrected chi connectivity index (χ2v) is 12.2. The average Bonchev–Trinajstić information content (AvgIpc) is 3.32. The minimum absolute atomic E-state index is 0.00265. The van der Waals surface area contributed by atoms with E-state index in [1.54, 1.807) is 12.1 Å². The Bertz CT molecular complexity index is 1220. The Morgan fingerprint density at radius 2 is 2.00 bits per heavy atom. The SMILES string of the molecule is COC(C(=O)C1CCCCS1(=O)=O)C(Cc1ccccc1)NC(=O)c1cc2cc(Cl)sc2[nH]1. The van der Waals surface area contributed by atoms with Crippen LogP contribution in [-0.4, -0.2) is 55.4 Å². The summed E-state index contributed by atoms with van der Waals surface area (Å²) in [6, 6.07) is 12.1. The number of rotatable bonds is 8. The predicted octanol–water partition coefficient (Wildman–Crippen LogP) is 3.78. The van der Waals surface area contributed by atoms with Crippen LogP contribution in [0.5, 0.6) is 0 Å². The molecule has 0 radical (unpaired) electrons. The first-order chi connectivity index (χ1) is 15.8. The Morgan fingerprint density at radius 3 is 2.67 bits per heavy atom. The van der Waals surface area contributed by atoms with Crippen molar-refractivity contribution < 1.29 is 22.7 Å². The zero-order valence-electron chi connectivity index (χ0n) is 18.0. The lowest BCUT2D eigenvalue weighted by Crippen LogP contribution is -2.53. The number of ketones is 1. The molecule has 2 aromatic heterocycles. The van der Waals surface area contributed by atoms with Crippen molar-refractivity contribution in [3.63, 3.8) is 0 Å². The third-order valence-corrected chi connectivity index (χ3v) is 9.32. The van der Waals surface area contributed by atoms with E-state index in [-0.39, 0.29) is 12.2 Å². The van der Waals surface area contributed by atoms with Crippen LogP contribution in [0.15, 0.2) is 42.5 Å². The minimum atomic E-state index is -3.54. The maximum Gasteiger partial charge on any atom is 0.268 e. The van der Waals surface area contributed by atoms with E-state index in [0.717, 1.165) is 15.8 Å². The van der Waals surface area contributed by atoms with E-state index in [1.165, 1.54) is 18.4 Å². The van der Waals surface area contributed by atoms with Gasteiger partial charge < -0.3 is 15.0 Å².